The van der Waals surface area contributed by atoms with E-state index in [-0.39, 0.29) is 50.0 Å². The average molecular weight is 574 g/mol. The van der Waals surface area contributed by atoms with Gasteiger partial charge in [-0.2, -0.15) is 0 Å². The number of likely N-dealkylation sites (tertiary alicyclic amines) is 1. The Morgan fingerprint density at radius 2 is 1.71 bits per heavy atom. The zero-order valence-electron chi connectivity index (χ0n) is 22.6. The standard InChI is InChI=1S/C27H35N5O9/c1-14(33)32-7-6-30-13-19(32)25(37)28-10-21-24(36)23(35)20(41-21)9-22(34)29-17-8-18(26(30)38)31(12-17)11-15-2-4-16(5-3-15)27(39)40/h2-5,17-21,23-24,35-36H,6-13H2,1H3,(H,28,37)(H,29,34)(H,39,40)/t17-,18-,19-,20-,21+,23-,24+/m0/s1. The molecule has 4 heterocycles. The Hall–Kier alpha value is -3.59. The second-order valence-corrected chi connectivity index (χ2v) is 11.1. The average Bonchev–Trinajstić information content (AvgIpc) is 3.45. The van der Waals surface area contributed by atoms with E-state index in [0.29, 0.717) is 19.5 Å². The lowest BCUT2D eigenvalue weighted by molar-refractivity contribution is -0.149. The second-order valence-electron chi connectivity index (χ2n) is 11.1. The minimum atomic E-state index is -1.33. The van der Waals surface area contributed by atoms with Crippen LogP contribution >= 0.6 is 0 Å². The van der Waals surface area contributed by atoms with Crippen molar-refractivity contribution in [2.24, 2.45) is 0 Å². The monoisotopic (exact) mass is 573 g/mol. The number of fused-ring (bicyclic) bond motifs is 6. The number of carboxylic acids is 1. The fourth-order valence-corrected chi connectivity index (χ4v) is 6.17. The number of aliphatic hydroxyl groups is 2. The van der Waals surface area contributed by atoms with E-state index >= 15 is 0 Å². The van der Waals surface area contributed by atoms with Crippen molar-refractivity contribution in [3.05, 3.63) is 35.4 Å². The number of nitrogens with zero attached hydrogens (tertiary/aromatic N) is 3. The molecular weight excluding hydrogens is 538 g/mol. The Morgan fingerprint density at radius 3 is 2.39 bits per heavy atom. The van der Waals surface area contributed by atoms with Crippen molar-refractivity contribution in [3.63, 3.8) is 0 Å². The number of ether oxygens (including phenoxy) is 1. The molecule has 4 aliphatic rings. The summed E-state index contributed by atoms with van der Waals surface area (Å²) in [6, 6.07) is 4.34. The maximum atomic E-state index is 13.9. The molecule has 0 unspecified atom stereocenters. The fourth-order valence-electron chi connectivity index (χ4n) is 6.17. The number of carbonyl (C=O) groups is 5. The molecule has 4 amide bonds. The third kappa shape index (κ3) is 6.05. The summed E-state index contributed by atoms with van der Waals surface area (Å²) in [4.78, 5) is 68.5. The lowest BCUT2D eigenvalue weighted by Crippen LogP contribution is -2.63. The van der Waals surface area contributed by atoms with Crippen LogP contribution in [0.15, 0.2) is 24.3 Å². The molecule has 0 radical (unpaired) electrons. The van der Waals surface area contributed by atoms with Crippen molar-refractivity contribution in [3.8, 4) is 0 Å². The van der Waals surface area contributed by atoms with E-state index in [0.717, 1.165) is 5.56 Å². The minimum Gasteiger partial charge on any atom is -0.478 e. The van der Waals surface area contributed by atoms with Gasteiger partial charge < -0.3 is 40.5 Å². The molecule has 0 aliphatic carbocycles. The van der Waals surface area contributed by atoms with Gasteiger partial charge in [0, 0.05) is 45.7 Å². The first-order valence-electron chi connectivity index (χ1n) is 13.7. The van der Waals surface area contributed by atoms with Gasteiger partial charge in [-0.15, -0.1) is 0 Å². The van der Waals surface area contributed by atoms with Crippen LogP contribution in [0.2, 0.25) is 0 Å². The van der Waals surface area contributed by atoms with Crippen LogP contribution in [-0.4, -0.2) is 135 Å². The molecule has 222 valence electrons. The molecule has 7 atom stereocenters. The van der Waals surface area contributed by atoms with Gasteiger partial charge in [0.15, 0.2) is 0 Å². The number of rotatable bonds is 3. The van der Waals surface area contributed by atoms with Gasteiger partial charge in [0.25, 0.3) is 0 Å². The van der Waals surface area contributed by atoms with Gasteiger partial charge in [0.05, 0.1) is 30.7 Å². The van der Waals surface area contributed by atoms with Crippen LogP contribution in [0.3, 0.4) is 0 Å². The van der Waals surface area contributed by atoms with Gasteiger partial charge in [-0.25, -0.2) is 4.79 Å². The van der Waals surface area contributed by atoms with Gasteiger partial charge in [-0.3, -0.25) is 24.1 Å². The number of hydrogen-bond acceptors (Lipinski definition) is 9. The highest BCUT2D eigenvalue weighted by Crippen LogP contribution is 2.27. The first-order chi connectivity index (χ1) is 19.5. The van der Waals surface area contributed by atoms with Crippen LogP contribution < -0.4 is 10.6 Å². The first kappa shape index (κ1) is 28.9. The molecule has 0 spiro atoms. The predicted molar refractivity (Wildman–Crippen MR) is 140 cm³/mol. The van der Waals surface area contributed by atoms with E-state index < -0.39 is 60.3 Å². The van der Waals surface area contributed by atoms with E-state index in [1.54, 1.807) is 17.0 Å². The molecule has 14 nitrogen and oxygen atoms in total. The summed E-state index contributed by atoms with van der Waals surface area (Å²) in [7, 11) is 0. The quantitative estimate of drug-likeness (QED) is 0.259. The molecule has 4 fully saturated rings. The van der Waals surface area contributed by atoms with Crippen LogP contribution in [0.4, 0.5) is 0 Å². The van der Waals surface area contributed by atoms with Gasteiger partial charge in [-0.1, -0.05) is 12.1 Å². The predicted octanol–water partition coefficient (Wildman–Crippen LogP) is -2.49. The molecular formula is C27H35N5O9. The lowest BCUT2D eigenvalue weighted by Gasteiger charge is -2.41. The van der Waals surface area contributed by atoms with Crippen molar-refractivity contribution in [2.45, 2.75) is 68.9 Å². The van der Waals surface area contributed by atoms with Crippen LogP contribution in [0.1, 0.15) is 35.7 Å². The van der Waals surface area contributed by atoms with Crippen molar-refractivity contribution in [1.29, 1.82) is 0 Å². The number of hydrogen-bond donors (Lipinski definition) is 5. The van der Waals surface area contributed by atoms with Crippen molar-refractivity contribution >= 4 is 29.6 Å². The zero-order valence-corrected chi connectivity index (χ0v) is 22.6. The summed E-state index contributed by atoms with van der Waals surface area (Å²) in [6.45, 7) is 2.22. The third-order valence-electron chi connectivity index (χ3n) is 8.36. The summed E-state index contributed by atoms with van der Waals surface area (Å²) in [6.07, 6.45) is -4.52. The summed E-state index contributed by atoms with van der Waals surface area (Å²) in [5.41, 5.74) is 0.925. The Bertz CT molecular complexity index is 1210. The zero-order chi connectivity index (χ0) is 29.4. The first-order valence-corrected chi connectivity index (χ1v) is 13.7. The lowest BCUT2D eigenvalue weighted by atomic mass is 10.0. The highest BCUT2D eigenvalue weighted by molar-refractivity contribution is 5.90. The maximum absolute atomic E-state index is 13.9. The van der Waals surface area contributed by atoms with E-state index in [2.05, 4.69) is 10.6 Å². The highest BCUT2D eigenvalue weighted by Gasteiger charge is 2.46. The molecule has 0 saturated carbocycles. The molecule has 5 rings (SSSR count). The van der Waals surface area contributed by atoms with E-state index in [9.17, 15) is 39.3 Å². The molecule has 5 N–H and O–H groups in total. The Kier molecular flexibility index (Phi) is 8.27. The number of benzene rings is 1. The van der Waals surface area contributed by atoms with Crippen molar-refractivity contribution < 1.29 is 44.0 Å². The maximum Gasteiger partial charge on any atom is 0.335 e. The topological polar surface area (TPSA) is 189 Å². The van der Waals surface area contributed by atoms with Gasteiger partial charge >= 0.3 is 5.97 Å². The largest absolute Gasteiger partial charge is 0.478 e. The van der Waals surface area contributed by atoms with E-state index in [1.807, 2.05) is 4.90 Å². The number of amides is 4. The number of aromatic carboxylic acids is 1. The van der Waals surface area contributed by atoms with Gasteiger partial charge in [-0.05, 0) is 24.1 Å². The Morgan fingerprint density at radius 1 is 1.00 bits per heavy atom. The molecule has 1 aromatic carbocycles. The van der Waals surface area contributed by atoms with Crippen LogP contribution in [0.25, 0.3) is 0 Å². The number of carbonyl (C=O) groups excluding carboxylic acids is 4. The van der Waals surface area contributed by atoms with Gasteiger partial charge in [0.2, 0.25) is 23.6 Å². The molecule has 14 heteroatoms. The number of aliphatic hydroxyl groups excluding tert-OH is 2. The minimum absolute atomic E-state index is 0.0295. The third-order valence-corrected chi connectivity index (χ3v) is 8.36. The normalized spacial score (nSPS) is 33.0. The van der Waals surface area contributed by atoms with Crippen LogP contribution in [-0.2, 0) is 30.5 Å². The molecule has 1 aromatic rings. The smallest absolute Gasteiger partial charge is 0.335 e. The van der Waals surface area contributed by atoms with Gasteiger partial charge in [0.1, 0.15) is 24.4 Å². The summed E-state index contributed by atoms with van der Waals surface area (Å²) >= 11 is 0. The van der Waals surface area contributed by atoms with E-state index in [1.165, 1.54) is 24.0 Å². The van der Waals surface area contributed by atoms with Crippen LogP contribution in [0.5, 0.6) is 0 Å². The molecule has 41 heavy (non-hydrogen) atoms. The molecule has 4 aliphatic heterocycles. The highest BCUT2D eigenvalue weighted by atomic mass is 16.5. The molecule has 0 aromatic heterocycles. The Labute approximate surface area is 236 Å². The summed E-state index contributed by atoms with van der Waals surface area (Å²) in [5, 5.41) is 35.8. The van der Waals surface area contributed by atoms with Crippen LogP contribution in [0, 0.1) is 0 Å². The second kappa shape index (κ2) is 11.7. The Balaban J connectivity index is 1.42. The number of piperazine rings is 1. The molecule has 4 saturated heterocycles. The fraction of sp³-hybridized carbons (Fsp3) is 0.593. The summed E-state index contributed by atoms with van der Waals surface area (Å²) in [5.74, 6) is -2.51. The number of carboxylic acid groups (broad SMARTS) is 1. The van der Waals surface area contributed by atoms with E-state index in [4.69, 9.17) is 4.74 Å². The SMILES string of the molecule is CC(=O)N1CCN2C[C@H]1C(=O)NC[C@H]1O[C@@H](CC(=O)N[C@H]3C[C@@H](C2=O)N(Cc2ccc(C(=O)O)cc2)C3)[C@H](O)[C@@H]1O. The number of nitrogens with one attached hydrogen (secondary N) is 2. The van der Waals surface area contributed by atoms with Crippen molar-refractivity contribution in [1.82, 2.24) is 25.3 Å². The summed E-state index contributed by atoms with van der Waals surface area (Å²) < 4.78 is 5.73. The van der Waals surface area contributed by atoms with Crippen molar-refractivity contribution in [2.75, 3.05) is 32.7 Å². The molecule has 6 bridgehead atoms.